The van der Waals surface area contributed by atoms with Gasteiger partial charge in [-0.25, -0.2) is 9.50 Å². The monoisotopic (exact) mass is 570 g/mol. The highest BCUT2D eigenvalue weighted by molar-refractivity contribution is 5.93. The summed E-state index contributed by atoms with van der Waals surface area (Å²) in [4.78, 5) is 21.0. The van der Waals surface area contributed by atoms with Crippen LogP contribution in [0.4, 0.5) is 13.2 Å². The SMILES string of the molecule is Cc1ccc(-c2cc(C(F)(F)F)n3nc(C(=O)N4CC[NH+](C(c5ccccc5)c5ccccc5)CC4)cc3n2)cc1C. The number of amides is 1. The summed E-state index contributed by atoms with van der Waals surface area (Å²) in [6, 6.07) is 28.5. The molecule has 5 aromatic rings. The van der Waals surface area contributed by atoms with E-state index in [1.54, 1.807) is 11.0 Å². The lowest BCUT2D eigenvalue weighted by Gasteiger charge is -2.36. The number of nitrogens with zero attached hydrogens (tertiary/aromatic N) is 4. The zero-order chi connectivity index (χ0) is 29.4. The molecule has 0 bridgehead atoms. The number of aromatic nitrogens is 3. The third-order valence-corrected chi connectivity index (χ3v) is 8.11. The summed E-state index contributed by atoms with van der Waals surface area (Å²) in [5.74, 6) is -0.392. The summed E-state index contributed by atoms with van der Waals surface area (Å²) >= 11 is 0. The molecule has 3 heterocycles. The maximum atomic E-state index is 14.1. The fraction of sp³-hybridized carbons (Fsp3) is 0.242. The molecular weight excluding hydrogens is 539 g/mol. The lowest BCUT2D eigenvalue weighted by atomic mass is 9.96. The number of carbonyl (C=O) groups is 1. The number of piperazine rings is 1. The number of alkyl halides is 3. The molecule has 0 spiro atoms. The number of hydrogen-bond donors (Lipinski definition) is 1. The van der Waals surface area contributed by atoms with Crippen LogP contribution in [0.5, 0.6) is 0 Å². The smallest absolute Gasteiger partial charge is 0.326 e. The second kappa shape index (κ2) is 11.1. The predicted molar refractivity (Wildman–Crippen MR) is 154 cm³/mol. The maximum absolute atomic E-state index is 14.1. The fourth-order valence-corrected chi connectivity index (χ4v) is 5.73. The lowest BCUT2D eigenvalue weighted by molar-refractivity contribution is -0.929. The minimum absolute atomic E-state index is 0.0149. The number of quaternary nitrogens is 1. The molecule has 1 N–H and O–H groups in total. The summed E-state index contributed by atoms with van der Waals surface area (Å²) in [5.41, 5.74) is 4.11. The summed E-state index contributed by atoms with van der Waals surface area (Å²) in [7, 11) is 0. The summed E-state index contributed by atoms with van der Waals surface area (Å²) in [6.45, 7) is 6.15. The number of rotatable bonds is 5. The van der Waals surface area contributed by atoms with Crippen molar-refractivity contribution >= 4 is 11.6 Å². The van der Waals surface area contributed by atoms with Gasteiger partial charge in [-0.3, -0.25) is 4.79 Å². The van der Waals surface area contributed by atoms with Crippen LogP contribution in [0.15, 0.2) is 91.0 Å². The first kappa shape index (κ1) is 27.7. The second-order valence-electron chi connectivity index (χ2n) is 10.8. The largest absolute Gasteiger partial charge is 0.433 e. The zero-order valence-corrected chi connectivity index (χ0v) is 23.4. The van der Waals surface area contributed by atoms with Crippen LogP contribution in [0.2, 0.25) is 0 Å². The van der Waals surface area contributed by atoms with E-state index in [4.69, 9.17) is 0 Å². The molecule has 0 aliphatic carbocycles. The summed E-state index contributed by atoms with van der Waals surface area (Å²) < 4.78 is 43.1. The third-order valence-electron chi connectivity index (χ3n) is 8.11. The lowest BCUT2D eigenvalue weighted by Crippen LogP contribution is -3.15. The van der Waals surface area contributed by atoms with Gasteiger partial charge in [0.05, 0.1) is 31.9 Å². The normalized spacial score (nSPS) is 14.6. The Morgan fingerprint density at radius 2 is 1.45 bits per heavy atom. The molecule has 214 valence electrons. The Morgan fingerprint density at radius 3 is 2.02 bits per heavy atom. The number of hydrogen-bond acceptors (Lipinski definition) is 3. The van der Waals surface area contributed by atoms with Crippen molar-refractivity contribution < 1.29 is 22.9 Å². The Labute approximate surface area is 242 Å². The number of aryl methyl sites for hydroxylation is 2. The van der Waals surface area contributed by atoms with Crippen molar-refractivity contribution in [3.05, 3.63) is 125 Å². The van der Waals surface area contributed by atoms with Crippen molar-refractivity contribution in [3.8, 4) is 11.3 Å². The molecule has 9 heteroatoms. The van der Waals surface area contributed by atoms with Crippen LogP contribution in [0.3, 0.4) is 0 Å². The first-order chi connectivity index (χ1) is 20.2. The number of benzene rings is 3. The second-order valence-corrected chi connectivity index (χ2v) is 10.8. The van der Waals surface area contributed by atoms with Gasteiger partial charge in [0.25, 0.3) is 5.91 Å². The molecule has 6 nitrogen and oxygen atoms in total. The molecular formula is C33H31F3N5O+. The molecule has 0 radical (unpaired) electrons. The van der Waals surface area contributed by atoms with E-state index < -0.39 is 17.8 Å². The first-order valence-corrected chi connectivity index (χ1v) is 14.0. The Bertz CT molecular complexity index is 1690. The van der Waals surface area contributed by atoms with Gasteiger partial charge in [-0.2, -0.15) is 18.3 Å². The molecule has 2 aromatic heterocycles. The van der Waals surface area contributed by atoms with Crippen LogP contribution in [0, 0.1) is 13.8 Å². The molecule has 0 atom stereocenters. The van der Waals surface area contributed by atoms with Crippen molar-refractivity contribution in [2.45, 2.75) is 26.1 Å². The van der Waals surface area contributed by atoms with E-state index in [9.17, 15) is 18.0 Å². The molecule has 6 rings (SSSR count). The van der Waals surface area contributed by atoms with Gasteiger partial charge >= 0.3 is 6.18 Å². The van der Waals surface area contributed by atoms with Crippen LogP contribution in [-0.4, -0.2) is 51.6 Å². The topological polar surface area (TPSA) is 54.9 Å². The molecule has 1 amide bonds. The number of fused-ring (bicyclic) bond motifs is 1. The summed E-state index contributed by atoms with van der Waals surface area (Å²) in [6.07, 6.45) is -4.68. The molecule has 0 unspecified atom stereocenters. The van der Waals surface area contributed by atoms with Gasteiger partial charge in [0.1, 0.15) is 6.04 Å². The van der Waals surface area contributed by atoms with E-state index in [-0.39, 0.29) is 23.1 Å². The van der Waals surface area contributed by atoms with Gasteiger partial charge in [0.2, 0.25) is 0 Å². The van der Waals surface area contributed by atoms with Crippen molar-refractivity contribution in [2.75, 3.05) is 26.2 Å². The number of halogens is 3. The van der Waals surface area contributed by atoms with Crippen LogP contribution in [0.1, 0.15) is 44.5 Å². The molecule has 1 saturated heterocycles. The minimum atomic E-state index is -4.68. The van der Waals surface area contributed by atoms with E-state index >= 15 is 0 Å². The van der Waals surface area contributed by atoms with Gasteiger partial charge in [-0.05, 0) is 37.1 Å². The van der Waals surface area contributed by atoms with Crippen molar-refractivity contribution in [1.82, 2.24) is 19.5 Å². The van der Waals surface area contributed by atoms with Crippen molar-refractivity contribution in [1.29, 1.82) is 0 Å². The van der Waals surface area contributed by atoms with E-state index in [1.165, 1.54) is 22.1 Å². The molecule has 1 aliphatic heterocycles. The van der Waals surface area contributed by atoms with Gasteiger partial charge < -0.3 is 9.80 Å². The van der Waals surface area contributed by atoms with E-state index in [1.807, 2.05) is 62.4 Å². The predicted octanol–water partition coefficient (Wildman–Crippen LogP) is 5.16. The fourth-order valence-electron chi connectivity index (χ4n) is 5.73. The van der Waals surface area contributed by atoms with Crippen LogP contribution in [0.25, 0.3) is 16.9 Å². The maximum Gasteiger partial charge on any atom is 0.433 e. The molecule has 1 fully saturated rings. The van der Waals surface area contributed by atoms with Crippen LogP contribution < -0.4 is 4.90 Å². The summed E-state index contributed by atoms with van der Waals surface area (Å²) in [5, 5.41) is 4.11. The first-order valence-electron chi connectivity index (χ1n) is 14.0. The van der Waals surface area contributed by atoms with E-state index in [0.29, 0.717) is 31.7 Å². The van der Waals surface area contributed by atoms with E-state index in [0.717, 1.165) is 21.7 Å². The molecule has 42 heavy (non-hydrogen) atoms. The number of carbonyl (C=O) groups excluding carboxylic acids is 1. The Morgan fingerprint density at radius 1 is 0.833 bits per heavy atom. The quantitative estimate of drug-likeness (QED) is 0.318. The Hall–Kier alpha value is -4.50. The Kier molecular flexibility index (Phi) is 7.28. The zero-order valence-electron chi connectivity index (χ0n) is 23.4. The minimum Gasteiger partial charge on any atom is -0.326 e. The molecule has 0 saturated carbocycles. The third kappa shape index (κ3) is 5.39. The average Bonchev–Trinajstić information content (AvgIpc) is 3.43. The number of nitrogens with one attached hydrogen (secondary N) is 1. The highest BCUT2D eigenvalue weighted by atomic mass is 19.4. The van der Waals surface area contributed by atoms with Crippen molar-refractivity contribution in [3.63, 3.8) is 0 Å². The average molecular weight is 571 g/mol. The van der Waals surface area contributed by atoms with Gasteiger partial charge in [0, 0.05) is 22.8 Å². The highest BCUT2D eigenvalue weighted by Gasteiger charge is 2.37. The van der Waals surface area contributed by atoms with E-state index in [2.05, 4.69) is 34.3 Å². The van der Waals surface area contributed by atoms with Gasteiger partial charge in [0.15, 0.2) is 17.0 Å². The van der Waals surface area contributed by atoms with Gasteiger partial charge in [-0.15, -0.1) is 0 Å². The highest BCUT2D eigenvalue weighted by Crippen LogP contribution is 2.33. The molecule has 1 aliphatic rings. The van der Waals surface area contributed by atoms with Crippen LogP contribution >= 0.6 is 0 Å². The molecule has 3 aromatic carbocycles. The van der Waals surface area contributed by atoms with Gasteiger partial charge in [-0.1, -0.05) is 72.8 Å². The Balaban J connectivity index is 1.27. The van der Waals surface area contributed by atoms with Crippen LogP contribution in [-0.2, 0) is 6.18 Å². The standard InChI is InChI=1S/C33H30F3N5O/c1-22-13-14-26(19-23(22)2)27-20-29(33(34,35)36)41-30(37-27)21-28(38-41)32(42)40-17-15-39(16-18-40)31(24-9-5-3-6-10-24)25-11-7-4-8-12-25/h3-14,19-21,31H,15-18H2,1-2H3/p+1. The van der Waals surface area contributed by atoms with Crippen molar-refractivity contribution in [2.24, 2.45) is 0 Å².